The van der Waals surface area contributed by atoms with Crippen molar-refractivity contribution in [3.05, 3.63) is 59.2 Å². The van der Waals surface area contributed by atoms with Crippen LogP contribution in [0.25, 0.3) is 0 Å². The monoisotopic (exact) mass is 460 g/mol. The maximum atomic E-state index is 11.2. The Bertz CT molecular complexity index is 813. The van der Waals surface area contributed by atoms with Gasteiger partial charge in [0, 0.05) is 5.69 Å². The zero-order valence-corrected chi connectivity index (χ0v) is 16.6. The molecule has 0 aliphatic rings. The van der Waals surface area contributed by atoms with Crippen LogP contribution >= 0.6 is 24.0 Å². The Labute approximate surface area is 159 Å². The van der Waals surface area contributed by atoms with Crippen molar-refractivity contribution in [2.24, 2.45) is 15.9 Å². The minimum atomic E-state index is -3.67. The molecule has 0 fully saturated rings. The number of hydrogen-bond donors (Lipinski definition) is 3. The number of sulfonamides is 1. The van der Waals surface area contributed by atoms with Gasteiger partial charge in [-0.15, -0.1) is 24.0 Å². The molecule has 0 saturated heterocycles. The molecule has 24 heavy (non-hydrogen) atoms. The van der Waals surface area contributed by atoms with Crippen molar-refractivity contribution in [1.29, 1.82) is 0 Å². The number of nitrogens with one attached hydrogen (secondary N) is 1. The molecule has 2 aromatic rings. The SMILES string of the molecule is Cc1cc(C)cc(NC(N)=NCc2ccc(S(N)(=O)=O)cc2)c1.I. The first-order chi connectivity index (χ1) is 10.7. The first-order valence-electron chi connectivity index (χ1n) is 7.01. The van der Waals surface area contributed by atoms with E-state index in [4.69, 9.17) is 10.9 Å². The summed E-state index contributed by atoms with van der Waals surface area (Å²) in [5, 5.41) is 8.10. The third kappa shape index (κ3) is 6.10. The highest BCUT2D eigenvalue weighted by molar-refractivity contribution is 14.0. The van der Waals surface area contributed by atoms with E-state index < -0.39 is 10.0 Å². The number of hydrogen-bond acceptors (Lipinski definition) is 3. The summed E-state index contributed by atoms with van der Waals surface area (Å²) in [6.45, 7) is 4.37. The van der Waals surface area contributed by atoms with Crippen LogP contribution < -0.4 is 16.2 Å². The van der Waals surface area contributed by atoms with Crippen LogP contribution in [0.2, 0.25) is 0 Å². The van der Waals surface area contributed by atoms with E-state index >= 15 is 0 Å². The van der Waals surface area contributed by atoms with Crippen molar-refractivity contribution in [3.63, 3.8) is 0 Å². The Morgan fingerprint density at radius 3 is 2.12 bits per heavy atom. The molecule has 2 aromatic carbocycles. The average molecular weight is 460 g/mol. The zero-order chi connectivity index (χ0) is 17.0. The van der Waals surface area contributed by atoms with Gasteiger partial charge in [0.1, 0.15) is 0 Å². The molecule has 0 aliphatic carbocycles. The van der Waals surface area contributed by atoms with E-state index in [1.54, 1.807) is 12.1 Å². The Hall–Kier alpha value is -1.65. The topological polar surface area (TPSA) is 111 Å². The molecule has 0 saturated carbocycles. The minimum Gasteiger partial charge on any atom is -0.370 e. The highest BCUT2D eigenvalue weighted by Gasteiger charge is 2.06. The molecule has 0 aromatic heterocycles. The van der Waals surface area contributed by atoms with Gasteiger partial charge in [0.2, 0.25) is 10.0 Å². The van der Waals surface area contributed by atoms with Gasteiger partial charge in [-0.05, 0) is 54.8 Å². The third-order valence-corrected chi connectivity index (χ3v) is 4.11. The second-order valence-electron chi connectivity index (χ2n) is 5.39. The van der Waals surface area contributed by atoms with E-state index in [0.717, 1.165) is 22.4 Å². The lowest BCUT2D eigenvalue weighted by molar-refractivity contribution is 0.598. The second kappa shape index (κ2) is 8.45. The number of rotatable bonds is 4. The Kier molecular flexibility index (Phi) is 7.18. The normalized spacial score (nSPS) is 11.7. The lowest BCUT2D eigenvalue weighted by Gasteiger charge is -2.08. The molecule has 130 valence electrons. The molecule has 0 unspecified atom stereocenters. The number of aryl methyl sites for hydroxylation is 2. The van der Waals surface area contributed by atoms with E-state index in [9.17, 15) is 8.42 Å². The number of anilines is 1. The van der Waals surface area contributed by atoms with Crippen molar-refractivity contribution in [3.8, 4) is 0 Å². The fourth-order valence-corrected chi connectivity index (χ4v) is 2.71. The molecule has 0 aliphatic heterocycles. The number of primary sulfonamides is 1. The number of nitrogens with zero attached hydrogens (tertiary/aromatic N) is 1. The predicted octanol–water partition coefficient (Wildman–Crippen LogP) is 2.50. The molecular formula is C16H21IN4O2S. The van der Waals surface area contributed by atoms with Crippen molar-refractivity contribution < 1.29 is 8.42 Å². The highest BCUT2D eigenvalue weighted by atomic mass is 127. The number of benzene rings is 2. The van der Waals surface area contributed by atoms with Crippen molar-refractivity contribution in [1.82, 2.24) is 0 Å². The van der Waals surface area contributed by atoms with Crippen LogP contribution in [-0.4, -0.2) is 14.4 Å². The van der Waals surface area contributed by atoms with Gasteiger partial charge in [-0.3, -0.25) is 0 Å². The summed E-state index contributed by atoms with van der Waals surface area (Å²) in [6, 6.07) is 12.3. The van der Waals surface area contributed by atoms with Gasteiger partial charge in [0.05, 0.1) is 11.4 Å². The summed E-state index contributed by atoms with van der Waals surface area (Å²) in [6.07, 6.45) is 0. The minimum absolute atomic E-state index is 0. The molecule has 6 nitrogen and oxygen atoms in total. The first-order valence-corrected chi connectivity index (χ1v) is 8.55. The molecule has 0 atom stereocenters. The van der Waals surface area contributed by atoms with Gasteiger partial charge in [-0.2, -0.15) is 0 Å². The van der Waals surface area contributed by atoms with Gasteiger partial charge in [-0.25, -0.2) is 18.5 Å². The lowest BCUT2D eigenvalue weighted by Crippen LogP contribution is -2.22. The zero-order valence-electron chi connectivity index (χ0n) is 13.5. The van der Waals surface area contributed by atoms with E-state index in [1.807, 2.05) is 26.0 Å². The second-order valence-corrected chi connectivity index (χ2v) is 6.95. The summed E-state index contributed by atoms with van der Waals surface area (Å²) >= 11 is 0. The van der Waals surface area contributed by atoms with Crippen molar-refractivity contribution in [2.45, 2.75) is 25.3 Å². The van der Waals surface area contributed by atoms with Crippen LogP contribution in [0.5, 0.6) is 0 Å². The Balaban J connectivity index is 0.00000288. The van der Waals surface area contributed by atoms with E-state index in [-0.39, 0.29) is 28.9 Å². The molecule has 0 heterocycles. The summed E-state index contributed by atoms with van der Waals surface area (Å²) in [7, 11) is -3.67. The summed E-state index contributed by atoms with van der Waals surface area (Å²) in [4.78, 5) is 4.32. The Morgan fingerprint density at radius 1 is 1.08 bits per heavy atom. The van der Waals surface area contributed by atoms with E-state index in [1.165, 1.54) is 12.1 Å². The van der Waals surface area contributed by atoms with Gasteiger partial charge in [0.25, 0.3) is 0 Å². The van der Waals surface area contributed by atoms with E-state index in [0.29, 0.717) is 12.5 Å². The van der Waals surface area contributed by atoms with E-state index in [2.05, 4.69) is 16.4 Å². The summed E-state index contributed by atoms with van der Waals surface area (Å²) in [5.41, 5.74) is 9.87. The highest BCUT2D eigenvalue weighted by Crippen LogP contribution is 2.14. The van der Waals surface area contributed by atoms with Crippen LogP contribution in [-0.2, 0) is 16.6 Å². The molecule has 5 N–H and O–H groups in total. The standard InChI is InChI=1S/C16H20N4O2S.HI/c1-11-7-12(2)9-14(8-11)20-16(17)19-10-13-3-5-15(6-4-13)23(18,21)22;/h3-9H,10H2,1-2H3,(H3,17,19,20)(H2,18,21,22);1H. The largest absolute Gasteiger partial charge is 0.370 e. The maximum Gasteiger partial charge on any atom is 0.238 e. The summed E-state index contributed by atoms with van der Waals surface area (Å²) in [5.74, 6) is 0.297. The Morgan fingerprint density at radius 2 is 1.62 bits per heavy atom. The van der Waals surface area contributed by atoms with Gasteiger partial charge >= 0.3 is 0 Å². The maximum absolute atomic E-state index is 11.2. The van der Waals surface area contributed by atoms with Crippen molar-refractivity contribution >= 4 is 45.6 Å². The summed E-state index contributed by atoms with van der Waals surface area (Å²) < 4.78 is 22.4. The molecule has 0 spiro atoms. The quantitative estimate of drug-likeness (QED) is 0.370. The van der Waals surface area contributed by atoms with Crippen molar-refractivity contribution in [2.75, 3.05) is 5.32 Å². The average Bonchev–Trinajstić information content (AvgIpc) is 2.43. The van der Waals surface area contributed by atoms with Crippen LogP contribution in [0.3, 0.4) is 0 Å². The van der Waals surface area contributed by atoms with Crippen LogP contribution in [0.4, 0.5) is 5.69 Å². The number of guanidine groups is 1. The molecule has 2 rings (SSSR count). The number of nitrogens with two attached hydrogens (primary N) is 2. The number of halogens is 1. The first kappa shape index (κ1) is 20.4. The van der Waals surface area contributed by atoms with Crippen LogP contribution in [0.1, 0.15) is 16.7 Å². The van der Waals surface area contributed by atoms with Crippen LogP contribution in [0.15, 0.2) is 52.4 Å². The lowest BCUT2D eigenvalue weighted by atomic mass is 10.1. The third-order valence-electron chi connectivity index (χ3n) is 3.18. The van der Waals surface area contributed by atoms with Gasteiger partial charge < -0.3 is 11.1 Å². The fraction of sp³-hybridized carbons (Fsp3) is 0.188. The van der Waals surface area contributed by atoms with Gasteiger partial charge in [-0.1, -0.05) is 18.2 Å². The molecular weight excluding hydrogens is 439 g/mol. The van der Waals surface area contributed by atoms with Crippen LogP contribution in [0, 0.1) is 13.8 Å². The molecule has 0 bridgehead atoms. The molecule has 0 amide bonds. The van der Waals surface area contributed by atoms with Gasteiger partial charge in [0.15, 0.2) is 5.96 Å². The smallest absolute Gasteiger partial charge is 0.238 e. The molecule has 0 radical (unpaired) electrons. The number of aliphatic imine (C=N–C) groups is 1. The molecule has 8 heteroatoms. The predicted molar refractivity (Wildman–Crippen MR) is 108 cm³/mol. The fourth-order valence-electron chi connectivity index (χ4n) is 2.20.